The predicted molar refractivity (Wildman–Crippen MR) is 73.6 cm³/mol. The Morgan fingerprint density at radius 3 is 3.05 bits per heavy atom. The summed E-state index contributed by atoms with van der Waals surface area (Å²) in [6.07, 6.45) is 4.86. The van der Waals surface area contributed by atoms with E-state index in [2.05, 4.69) is 15.3 Å². The molecule has 6 nitrogen and oxygen atoms in total. The van der Waals surface area contributed by atoms with E-state index in [4.69, 9.17) is 0 Å². The van der Waals surface area contributed by atoms with Crippen LogP contribution in [0.1, 0.15) is 12.0 Å². The Balaban J connectivity index is 1.81. The van der Waals surface area contributed by atoms with Crippen molar-refractivity contribution in [1.29, 1.82) is 0 Å². The van der Waals surface area contributed by atoms with Gasteiger partial charge in [-0.05, 0) is 19.5 Å². The van der Waals surface area contributed by atoms with E-state index in [1.54, 1.807) is 15.8 Å². The molecule has 0 aliphatic carbocycles. The van der Waals surface area contributed by atoms with Crippen molar-refractivity contribution in [3.8, 4) is 0 Å². The van der Waals surface area contributed by atoms with E-state index in [1.807, 2.05) is 20.3 Å². The first kappa shape index (κ1) is 14.0. The minimum absolute atomic E-state index is 0.172. The lowest BCUT2D eigenvalue weighted by atomic mass is 10.3. The number of nitrogens with one attached hydrogen (secondary N) is 1. The summed E-state index contributed by atoms with van der Waals surface area (Å²) in [5.74, 6) is 0.172. The molecule has 19 heavy (non-hydrogen) atoms. The topological polar surface area (TPSA) is 53.4 Å². The lowest BCUT2D eigenvalue weighted by Gasteiger charge is -2.23. The molecule has 1 saturated heterocycles. The Bertz CT molecular complexity index is 409. The van der Waals surface area contributed by atoms with Crippen molar-refractivity contribution < 1.29 is 4.79 Å². The van der Waals surface area contributed by atoms with Crippen LogP contribution in [0.3, 0.4) is 0 Å². The molecule has 0 radical (unpaired) electrons. The quantitative estimate of drug-likeness (QED) is 0.810. The van der Waals surface area contributed by atoms with Crippen LogP contribution >= 0.6 is 0 Å². The molecule has 2 heterocycles. The Kier molecular flexibility index (Phi) is 4.93. The van der Waals surface area contributed by atoms with E-state index >= 15 is 0 Å². The highest BCUT2D eigenvalue weighted by Gasteiger charge is 2.16. The second kappa shape index (κ2) is 6.68. The van der Waals surface area contributed by atoms with E-state index in [1.165, 1.54) is 0 Å². The van der Waals surface area contributed by atoms with Gasteiger partial charge >= 0.3 is 0 Å². The predicted octanol–water partition coefficient (Wildman–Crippen LogP) is -0.326. The summed E-state index contributed by atoms with van der Waals surface area (Å²) in [7, 11) is 3.74. The molecule has 0 atom stereocenters. The van der Waals surface area contributed by atoms with Crippen molar-refractivity contribution in [2.24, 2.45) is 7.05 Å². The zero-order valence-electron chi connectivity index (χ0n) is 11.8. The molecule has 0 aromatic carbocycles. The summed E-state index contributed by atoms with van der Waals surface area (Å²) < 4.78 is 1.76. The van der Waals surface area contributed by atoms with Gasteiger partial charge in [0.25, 0.3) is 0 Å². The maximum atomic E-state index is 12.2. The normalized spacial score (nSPS) is 17.2. The number of carbonyl (C=O) groups is 1. The fourth-order valence-corrected chi connectivity index (χ4v) is 2.29. The summed E-state index contributed by atoms with van der Waals surface area (Å²) in [5.41, 5.74) is 1.07. The Morgan fingerprint density at radius 1 is 1.47 bits per heavy atom. The molecular formula is C13H23N5O. The highest BCUT2D eigenvalue weighted by molar-refractivity contribution is 5.78. The number of aromatic nitrogens is 2. The van der Waals surface area contributed by atoms with Crippen LogP contribution in [-0.2, 0) is 18.4 Å². The van der Waals surface area contributed by atoms with Crippen molar-refractivity contribution in [2.45, 2.75) is 13.0 Å². The zero-order chi connectivity index (χ0) is 13.7. The molecule has 0 bridgehead atoms. The summed E-state index contributed by atoms with van der Waals surface area (Å²) in [6.45, 7) is 5.11. The van der Waals surface area contributed by atoms with Crippen LogP contribution in [0.25, 0.3) is 0 Å². The maximum absolute atomic E-state index is 12.2. The van der Waals surface area contributed by atoms with Crippen molar-refractivity contribution in [3.63, 3.8) is 0 Å². The van der Waals surface area contributed by atoms with Gasteiger partial charge in [-0.3, -0.25) is 14.4 Å². The van der Waals surface area contributed by atoms with E-state index < -0.39 is 0 Å². The third-order valence-corrected chi connectivity index (χ3v) is 3.40. The van der Waals surface area contributed by atoms with Crippen molar-refractivity contribution in [2.75, 3.05) is 39.8 Å². The second-order valence-corrected chi connectivity index (χ2v) is 5.15. The molecule has 1 fully saturated rings. The number of hydrogen-bond donors (Lipinski definition) is 1. The van der Waals surface area contributed by atoms with Gasteiger partial charge in [-0.1, -0.05) is 0 Å². The average molecular weight is 265 g/mol. The molecule has 1 aromatic heterocycles. The minimum atomic E-state index is 0.172. The third kappa shape index (κ3) is 4.33. The largest absolute Gasteiger partial charge is 0.340 e. The Morgan fingerprint density at radius 2 is 2.32 bits per heavy atom. The van der Waals surface area contributed by atoms with Crippen LogP contribution in [0, 0.1) is 0 Å². The number of carbonyl (C=O) groups excluding carboxylic acids is 1. The van der Waals surface area contributed by atoms with Gasteiger partial charge in [-0.15, -0.1) is 0 Å². The molecule has 0 saturated carbocycles. The number of hydrogen-bond acceptors (Lipinski definition) is 4. The Labute approximate surface area is 114 Å². The first-order valence-electron chi connectivity index (χ1n) is 6.80. The van der Waals surface area contributed by atoms with Gasteiger partial charge in [-0.2, -0.15) is 5.10 Å². The SMILES string of the molecule is CN(Cc1cnn(C)c1)C(=O)CN1CCCNCC1. The zero-order valence-corrected chi connectivity index (χ0v) is 11.8. The molecular weight excluding hydrogens is 242 g/mol. The molecule has 1 aliphatic rings. The molecule has 0 spiro atoms. The fraction of sp³-hybridized carbons (Fsp3) is 0.692. The highest BCUT2D eigenvalue weighted by atomic mass is 16.2. The van der Waals surface area contributed by atoms with E-state index in [0.29, 0.717) is 13.1 Å². The van der Waals surface area contributed by atoms with Gasteiger partial charge in [0.05, 0.1) is 12.7 Å². The van der Waals surface area contributed by atoms with E-state index in [0.717, 1.165) is 38.2 Å². The van der Waals surface area contributed by atoms with E-state index in [9.17, 15) is 4.79 Å². The van der Waals surface area contributed by atoms with Crippen LogP contribution in [0.4, 0.5) is 0 Å². The number of nitrogens with zero attached hydrogens (tertiary/aromatic N) is 4. The van der Waals surface area contributed by atoms with Gasteiger partial charge in [-0.25, -0.2) is 0 Å². The smallest absolute Gasteiger partial charge is 0.236 e. The van der Waals surface area contributed by atoms with Gasteiger partial charge < -0.3 is 10.2 Å². The molecule has 106 valence electrons. The van der Waals surface area contributed by atoms with Crippen LogP contribution in [0.2, 0.25) is 0 Å². The standard InChI is InChI=1S/C13H23N5O/c1-16(9-12-8-15-17(2)10-12)13(19)11-18-6-3-4-14-5-7-18/h8,10,14H,3-7,9,11H2,1-2H3. The maximum Gasteiger partial charge on any atom is 0.236 e. The van der Waals surface area contributed by atoms with Crippen molar-refractivity contribution in [3.05, 3.63) is 18.0 Å². The minimum Gasteiger partial charge on any atom is -0.340 e. The fourth-order valence-electron chi connectivity index (χ4n) is 2.29. The van der Waals surface area contributed by atoms with Gasteiger partial charge in [0.15, 0.2) is 0 Å². The molecule has 1 aromatic rings. The molecule has 1 aliphatic heterocycles. The van der Waals surface area contributed by atoms with E-state index in [-0.39, 0.29) is 5.91 Å². The summed E-state index contributed by atoms with van der Waals surface area (Å²) >= 11 is 0. The highest BCUT2D eigenvalue weighted by Crippen LogP contribution is 2.03. The number of rotatable bonds is 4. The Hall–Kier alpha value is -1.40. The monoisotopic (exact) mass is 265 g/mol. The molecule has 1 N–H and O–H groups in total. The third-order valence-electron chi connectivity index (χ3n) is 3.40. The molecule has 2 rings (SSSR count). The van der Waals surface area contributed by atoms with Crippen molar-refractivity contribution >= 4 is 5.91 Å². The molecule has 1 amide bonds. The molecule has 6 heteroatoms. The summed E-state index contributed by atoms with van der Waals surface area (Å²) in [6, 6.07) is 0. The summed E-state index contributed by atoms with van der Waals surface area (Å²) in [5, 5.41) is 7.46. The van der Waals surface area contributed by atoms with Crippen LogP contribution in [0.5, 0.6) is 0 Å². The van der Waals surface area contributed by atoms with Crippen LogP contribution in [0.15, 0.2) is 12.4 Å². The second-order valence-electron chi connectivity index (χ2n) is 5.15. The van der Waals surface area contributed by atoms with Crippen LogP contribution in [-0.4, -0.2) is 65.3 Å². The number of aryl methyl sites for hydroxylation is 1. The lowest BCUT2D eigenvalue weighted by molar-refractivity contribution is -0.131. The molecule has 0 unspecified atom stereocenters. The van der Waals surface area contributed by atoms with Gasteiger partial charge in [0.1, 0.15) is 0 Å². The number of likely N-dealkylation sites (N-methyl/N-ethyl adjacent to an activating group) is 1. The average Bonchev–Trinajstić information content (AvgIpc) is 2.64. The first-order valence-corrected chi connectivity index (χ1v) is 6.80. The van der Waals surface area contributed by atoms with Crippen molar-refractivity contribution in [1.82, 2.24) is 24.9 Å². The number of amides is 1. The lowest BCUT2D eigenvalue weighted by Crippen LogP contribution is -2.39. The van der Waals surface area contributed by atoms with Crippen LogP contribution < -0.4 is 5.32 Å². The van der Waals surface area contributed by atoms with Gasteiger partial charge in [0, 0.05) is 45.5 Å². The van der Waals surface area contributed by atoms with Gasteiger partial charge in [0.2, 0.25) is 5.91 Å². The first-order chi connectivity index (χ1) is 9.15. The summed E-state index contributed by atoms with van der Waals surface area (Å²) in [4.78, 5) is 16.2.